The van der Waals surface area contributed by atoms with Crippen LogP contribution < -0.4 is 0 Å². The number of hydrogen-bond acceptors (Lipinski definition) is 2. The van der Waals surface area contributed by atoms with Crippen molar-refractivity contribution in [2.45, 2.75) is 6.54 Å². The highest BCUT2D eigenvalue weighted by atomic mass is 79.9. The Morgan fingerprint density at radius 1 is 1.62 bits per heavy atom. The molecule has 0 fully saturated rings. The van der Waals surface area contributed by atoms with Gasteiger partial charge in [0.25, 0.3) is 0 Å². The average Bonchev–Trinajstić information content (AvgIpc) is 2.70. The number of rotatable bonds is 2. The molecule has 0 aliphatic rings. The van der Waals surface area contributed by atoms with Gasteiger partial charge in [0.05, 0.1) is 6.54 Å². The maximum atomic E-state index is 5.13. The van der Waals surface area contributed by atoms with Gasteiger partial charge in [0.2, 0.25) is 0 Å². The molecule has 2 nitrogen and oxygen atoms in total. The van der Waals surface area contributed by atoms with Crippen LogP contribution in [0.25, 0.3) is 0 Å². The Bertz CT molecular complexity index is 441. The minimum Gasteiger partial charge on any atom is -0.336 e. The van der Waals surface area contributed by atoms with Crippen LogP contribution in [0.2, 0.25) is 0 Å². The molecule has 0 aliphatic heterocycles. The smallest absolute Gasteiger partial charge is 0.178 e. The number of aromatic nitrogens is 2. The van der Waals surface area contributed by atoms with Crippen LogP contribution in [0, 0.1) is 4.77 Å². The van der Waals surface area contributed by atoms with Gasteiger partial charge in [-0.15, -0.1) is 11.3 Å². The van der Waals surface area contributed by atoms with Crippen LogP contribution in [0.4, 0.5) is 0 Å². The summed E-state index contributed by atoms with van der Waals surface area (Å²) in [5.74, 6) is 0. The van der Waals surface area contributed by atoms with Gasteiger partial charge in [-0.25, -0.2) is 0 Å². The highest BCUT2D eigenvalue weighted by molar-refractivity contribution is 9.10. The monoisotopic (exact) mass is 274 g/mol. The number of hydrogen-bond donors (Lipinski definition) is 1. The SMILES string of the molecule is S=c1[nH]cc(Br)n1Cc1cccs1. The van der Waals surface area contributed by atoms with Crippen molar-refractivity contribution < 1.29 is 0 Å². The van der Waals surface area contributed by atoms with Gasteiger partial charge in [-0.3, -0.25) is 0 Å². The first-order valence-corrected chi connectivity index (χ1v) is 5.81. The normalized spacial score (nSPS) is 10.5. The zero-order valence-electron chi connectivity index (χ0n) is 6.66. The van der Waals surface area contributed by atoms with E-state index in [0.29, 0.717) is 0 Å². The Balaban J connectivity index is 2.33. The molecule has 0 bridgehead atoms. The van der Waals surface area contributed by atoms with Crippen molar-refractivity contribution in [3.63, 3.8) is 0 Å². The first-order chi connectivity index (χ1) is 6.27. The third-order valence-corrected chi connectivity index (χ3v) is 3.57. The number of nitrogens with zero attached hydrogens (tertiary/aromatic N) is 1. The van der Waals surface area contributed by atoms with E-state index in [2.05, 4.69) is 32.4 Å². The van der Waals surface area contributed by atoms with Gasteiger partial charge in [0.1, 0.15) is 4.60 Å². The molecule has 0 saturated heterocycles. The molecule has 13 heavy (non-hydrogen) atoms. The molecule has 0 unspecified atom stereocenters. The highest BCUT2D eigenvalue weighted by Crippen LogP contribution is 2.15. The lowest BCUT2D eigenvalue weighted by Crippen LogP contribution is -1.97. The number of thiophene rings is 1. The Labute approximate surface area is 93.4 Å². The standard InChI is InChI=1S/C8H7BrN2S2/c9-7-4-10-8(12)11(7)5-6-2-1-3-13-6/h1-4H,5H2,(H,10,12). The molecule has 2 heterocycles. The van der Waals surface area contributed by atoms with Crippen LogP contribution >= 0.6 is 39.5 Å². The van der Waals surface area contributed by atoms with E-state index in [1.54, 1.807) is 11.3 Å². The molecule has 0 amide bonds. The lowest BCUT2D eigenvalue weighted by Gasteiger charge is -2.00. The van der Waals surface area contributed by atoms with Crippen molar-refractivity contribution in [2.75, 3.05) is 0 Å². The van der Waals surface area contributed by atoms with E-state index in [1.807, 2.05) is 16.8 Å². The van der Waals surface area contributed by atoms with Crippen LogP contribution in [0.5, 0.6) is 0 Å². The Kier molecular flexibility index (Phi) is 2.66. The van der Waals surface area contributed by atoms with Crippen molar-refractivity contribution in [1.82, 2.24) is 9.55 Å². The van der Waals surface area contributed by atoms with Crippen LogP contribution in [0.1, 0.15) is 4.88 Å². The van der Waals surface area contributed by atoms with Crippen molar-refractivity contribution in [3.05, 3.63) is 38.0 Å². The minimum absolute atomic E-state index is 0.750. The molecule has 0 radical (unpaired) electrons. The third kappa shape index (κ3) is 1.92. The van der Waals surface area contributed by atoms with Gasteiger partial charge in [-0.05, 0) is 39.6 Å². The molecule has 2 aromatic heterocycles. The van der Waals surface area contributed by atoms with Crippen LogP contribution in [-0.4, -0.2) is 9.55 Å². The number of halogens is 1. The topological polar surface area (TPSA) is 20.7 Å². The Hall–Kier alpha value is -0.390. The second-order valence-corrected chi connectivity index (χ2v) is 4.81. The molecule has 2 rings (SSSR count). The fourth-order valence-electron chi connectivity index (χ4n) is 1.08. The van der Waals surface area contributed by atoms with Gasteiger partial charge >= 0.3 is 0 Å². The molecule has 2 aromatic rings. The Morgan fingerprint density at radius 2 is 2.46 bits per heavy atom. The largest absolute Gasteiger partial charge is 0.336 e. The van der Waals surface area contributed by atoms with Crippen LogP contribution in [0.15, 0.2) is 28.3 Å². The lowest BCUT2D eigenvalue weighted by molar-refractivity contribution is 0.778. The summed E-state index contributed by atoms with van der Waals surface area (Å²) in [7, 11) is 0. The number of H-pyrrole nitrogens is 1. The summed E-state index contributed by atoms with van der Waals surface area (Å²) in [4.78, 5) is 4.29. The van der Waals surface area contributed by atoms with Crippen molar-refractivity contribution in [1.29, 1.82) is 0 Å². The number of nitrogens with one attached hydrogen (secondary N) is 1. The number of imidazole rings is 1. The number of aromatic amines is 1. The zero-order valence-corrected chi connectivity index (χ0v) is 9.88. The van der Waals surface area contributed by atoms with E-state index in [1.165, 1.54) is 4.88 Å². The van der Waals surface area contributed by atoms with Gasteiger partial charge in [0.15, 0.2) is 4.77 Å². The van der Waals surface area contributed by atoms with Gasteiger partial charge in [-0.1, -0.05) is 6.07 Å². The minimum atomic E-state index is 0.750. The molecule has 68 valence electrons. The molecule has 1 N–H and O–H groups in total. The predicted octanol–water partition coefficient (Wildman–Crippen LogP) is 3.42. The van der Waals surface area contributed by atoms with E-state index in [4.69, 9.17) is 12.2 Å². The van der Waals surface area contributed by atoms with Gasteiger partial charge < -0.3 is 9.55 Å². The van der Waals surface area contributed by atoms with Crippen LogP contribution in [-0.2, 0) is 6.54 Å². The highest BCUT2D eigenvalue weighted by Gasteiger charge is 2.01. The second-order valence-electron chi connectivity index (χ2n) is 2.58. The summed E-state index contributed by atoms with van der Waals surface area (Å²) >= 11 is 10.3. The lowest BCUT2D eigenvalue weighted by atomic mass is 10.5. The van der Waals surface area contributed by atoms with E-state index >= 15 is 0 Å². The third-order valence-electron chi connectivity index (χ3n) is 1.71. The Morgan fingerprint density at radius 3 is 3.00 bits per heavy atom. The summed E-state index contributed by atoms with van der Waals surface area (Å²) in [5.41, 5.74) is 0. The van der Waals surface area contributed by atoms with Gasteiger partial charge in [0, 0.05) is 11.1 Å². The summed E-state index contributed by atoms with van der Waals surface area (Å²) in [6, 6.07) is 4.15. The maximum absolute atomic E-state index is 5.13. The molecule has 5 heteroatoms. The zero-order chi connectivity index (χ0) is 9.26. The molecular weight excluding hydrogens is 268 g/mol. The van der Waals surface area contributed by atoms with E-state index < -0.39 is 0 Å². The van der Waals surface area contributed by atoms with Crippen molar-refractivity contribution >= 4 is 39.5 Å². The molecular formula is C8H7BrN2S2. The van der Waals surface area contributed by atoms with Crippen LogP contribution in [0.3, 0.4) is 0 Å². The summed E-state index contributed by atoms with van der Waals surface area (Å²) in [6.45, 7) is 0.834. The average molecular weight is 275 g/mol. The second kappa shape index (κ2) is 3.77. The van der Waals surface area contributed by atoms with Crippen molar-refractivity contribution in [3.8, 4) is 0 Å². The predicted molar refractivity (Wildman–Crippen MR) is 60.7 cm³/mol. The summed E-state index contributed by atoms with van der Waals surface area (Å²) < 4.78 is 3.76. The first-order valence-electron chi connectivity index (χ1n) is 3.73. The van der Waals surface area contributed by atoms with E-state index in [9.17, 15) is 0 Å². The molecule has 0 saturated carbocycles. The van der Waals surface area contributed by atoms with Crippen molar-refractivity contribution in [2.24, 2.45) is 0 Å². The summed E-state index contributed by atoms with van der Waals surface area (Å²) in [5, 5.41) is 2.07. The van der Waals surface area contributed by atoms with E-state index in [-0.39, 0.29) is 0 Å². The molecule has 0 atom stereocenters. The molecule has 0 aliphatic carbocycles. The fourth-order valence-corrected chi connectivity index (χ4v) is 2.53. The summed E-state index contributed by atoms with van der Waals surface area (Å²) in [6.07, 6.45) is 1.86. The maximum Gasteiger partial charge on any atom is 0.178 e. The van der Waals surface area contributed by atoms with Gasteiger partial charge in [-0.2, -0.15) is 0 Å². The fraction of sp³-hybridized carbons (Fsp3) is 0.125. The first kappa shape index (κ1) is 9.18. The van der Waals surface area contributed by atoms with E-state index in [0.717, 1.165) is 15.9 Å². The quantitative estimate of drug-likeness (QED) is 0.833. The molecule has 0 aromatic carbocycles. The molecule has 0 spiro atoms.